The lowest BCUT2D eigenvalue weighted by Crippen LogP contribution is -2.49. The third-order valence-corrected chi connectivity index (χ3v) is 7.53. The highest BCUT2D eigenvalue weighted by Gasteiger charge is 2.27. The van der Waals surface area contributed by atoms with Crippen molar-refractivity contribution in [3.05, 3.63) is 54.1 Å². The maximum absolute atomic E-state index is 13.1. The number of carbonyl (C=O) groups excluding carboxylic acids is 1. The molecule has 0 spiro atoms. The molecule has 0 bridgehead atoms. The summed E-state index contributed by atoms with van der Waals surface area (Å²) in [6.07, 6.45) is 7.93. The fourth-order valence-electron chi connectivity index (χ4n) is 5.49. The highest BCUT2D eigenvalue weighted by molar-refractivity contribution is 5.92. The number of benzene rings is 2. The Labute approximate surface area is 211 Å². The number of para-hydroxylation sites is 1. The molecule has 2 fully saturated rings. The van der Waals surface area contributed by atoms with Crippen LogP contribution in [0.5, 0.6) is 11.5 Å². The Morgan fingerprint density at radius 1 is 1.00 bits per heavy atom. The predicted octanol–water partition coefficient (Wildman–Crippen LogP) is 4.16. The van der Waals surface area contributed by atoms with Crippen molar-refractivity contribution in [2.75, 3.05) is 51.0 Å². The van der Waals surface area contributed by atoms with Crippen molar-refractivity contribution in [2.24, 2.45) is 0 Å². The number of fused-ring (bicyclic) bond motifs is 2. The molecule has 4 heterocycles. The van der Waals surface area contributed by atoms with E-state index in [1.807, 2.05) is 42.5 Å². The molecular weight excluding hydrogens is 456 g/mol. The number of anilines is 1. The zero-order chi connectivity index (χ0) is 24.3. The molecule has 6 rings (SSSR count). The highest BCUT2D eigenvalue weighted by Crippen LogP contribution is 2.33. The molecule has 8 heteroatoms. The lowest BCUT2D eigenvalue weighted by Gasteiger charge is -2.38. The molecule has 1 amide bonds. The topological polar surface area (TPSA) is 71.3 Å². The summed E-state index contributed by atoms with van der Waals surface area (Å²) in [6.45, 7) is 5.95. The van der Waals surface area contributed by atoms with Gasteiger partial charge in [-0.25, -0.2) is 0 Å². The van der Waals surface area contributed by atoms with Crippen molar-refractivity contribution in [1.29, 1.82) is 0 Å². The van der Waals surface area contributed by atoms with E-state index in [0.717, 1.165) is 92.4 Å². The number of carbonyl (C=O) groups is 1. The van der Waals surface area contributed by atoms with Gasteiger partial charge in [-0.3, -0.25) is 9.69 Å². The number of rotatable bonds is 6. The van der Waals surface area contributed by atoms with Crippen LogP contribution in [0.3, 0.4) is 0 Å². The average molecular weight is 489 g/mol. The van der Waals surface area contributed by atoms with E-state index in [2.05, 4.69) is 25.9 Å². The third kappa shape index (κ3) is 4.78. The molecule has 1 atom stereocenters. The van der Waals surface area contributed by atoms with Gasteiger partial charge in [0, 0.05) is 51.4 Å². The first-order chi connectivity index (χ1) is 17.7. The number of aromatic nitrogens is 1. The van der Waals surface area contributed by atoms with Crippen LogP contribution < -0.4 is 14.4 Å². The van der Waals surface area contributed by atoms with Crippen LogP contribution in [-0.2, 0) is 4.79 Å². The largest absolute Gasteiger partial charge is 0.454 e. The smallest absolute Gasteiger partial charge is 0.246 e. The van der Waals surface area contributed by atoms with Gasteiger partial charge in [-0.05, 0) is 61.6 Å². The van der Waals surface area contributed by atoms with Crippen molar-refractivity contribution in [3.63, 3.8) is 0 Å². The maximum Gasteiger partial charge on any atom is 0.246 e. The van der Waals surface area contributed by atoms with Gasteiger partial charge in [-0.15, -0.1) is 0 Å². The van der Waals surface area contributed by atoms with E-state index in [-0.39, 0.29) is 12.7 Å². The molecule has 0 unspecified atom stereocenters. The fourth-order valence-corrected chi connectivity index (χ4v) is 5.49. The normalized spacial score (nSPS) is 20.5. The van der Waals surface area contributed by atoms with Crippen LogP contribution in [0.2, 0.25) is 0 Å². The lowest BCUT2D eigenvalue weighted by molar-refractivity contribution is -0.129. The van der Waals surface area contributed by atoms with E-state index in [1.54, 1.807) is 6.08 Å². The molecule has 0 saturated carbocycles. The summed E-state index contributed by atoms with van der Waals surface area (Å²) in [7, 11) is 0. The molecule has 2 aromatic carbocycles. The molecule has 0 aliphatic carbocycles. The van der Waals surface area contributed by atoms with Gasteiger partial charge in [0.25, 0.3) is 0 Å². The van der Waals surface area contributed by atoms with Gasteiger partial charge >= 0.3 is 0 Å². The second-order valence-corrected chi connectivity index (χ2v) is 9.75. The zero-order valence-electron chi connectivity index (χ0n) is 20.5. The number of likely N-dealkylation sites (tertiary alicyclic amines) is 1. The van der Waals surface area contributed by atoms with Gasteiger partial charge in [0.15, 0.2) is 22.9 Å². The molecule has 1 aromatic heterocycles. The van der Waals surface area contributed by atoms with Gasteiger partial charge in [0.05, 0.1) is 5.39 Å². The molecule has 188 valence electrons. The Balaban J connectivity index is 1.02. The molecule has 36 heavy (non-hydrogen) atoms. The van der Waals surface area contributed by atoms with E-state index < -0.39 is 0 Å². The number of ether oxygens (including phenoxy) is 2. The van der Waals surface area contributed by atoms with Gasteiger partial charge < -0.3 is 23.8 Å². The number of hydrogen-bond acceptors (Lipinski definition) is 7. The monoisotopic (exact) mass is 488 g/mol. The van der Waals surface area contributed by atoms with Gasteiger partial charge in [0.1, 0.15) is 0 Å². The van der Waals surface area contributed by atoms with E-state index in [0.29, 0.717) is 6.04 Å². The second-order valence-electron chi connectivity index (χ2n) is 9.75. The summed E-state index contributed by atoms with van der Waals surface area (Å²) in [5.41, 5.74) is 1.78. The van der Waals surface area contributed by atoms with Crippen LogP contribution in [0.15, 0.2) is 53.1 Å². The van der Waals surface area contributed by atoms with E-state index in [4.69, 9.17) is 14.0 Å². The van der Waals surface area contributed by atoms with Crippen molar-refractivity contribution in [1.82, 2.24) is 15.0 Å². The molecule has 2 saturated heterocycles. The summed E-state index contributed by atoms with van der Waals surface area (Å²) in [6, 6.07) is 14.1. The van der Waals surface area contributed by atoms with Crippen LogP contribution in [0.4, 0.5) is 5.82 Å². The number of nitrogens with zero attached hydrogens (tertiary/aromatic N) is 4. The highest BCUT2D eigenvalue weighted by atomic mass is 16.7. The molecule has 3 aliphatic rings. The van der Waals surface area contributed by atoms with Crippen LogP contribution in [-0.4, -0.2) is 73.0 Å². The van der Waals surface area contributed by atoms with E-state index in [9.17, 15) is 4.79 Å². The second kappa shape index (κ2) is 10.2. The fraction of sp³-hybridized carbons (Fsp3) is 0.429. The Kier molecular flexibility index (Phi) is 6.51. The number of hydrogen-bond donors (Lipinski definition) is 0. The quantitative estimate of drug-likeness (QED) is 0.483. The van der Waals surface area contributed by atoms with Crippen molar-refractivity contribution >= 4 is 28.8 Å². The molecule has 0 radical (unpaired) electrons. The van der Waals surface area contributed by atoms with Gasteiger partial charge in [-0.1, -0.05) is 23.4 Å². The maximum atomic E-state index is 13.1. The minimum absolute atomic E-state index is 0.0973. The first-order valence-electron chi connectivity index (χ1n) is 12.9. The Morgan fingerprint density at radius 3 is 2.78 bits per heavy atom. The minimum atomic E-state index is 0.0973. The first-order valence-corrected chi connectivity index (χ1v) is 12.9. The van der Waals surface area contributed by atoms with Crippen molar-refractivity contribution < 1.29 is 18.8 Å². The van der Waals surface area contributed by atoms with Crippen LogP contribution >= 0.6 is 0 Å². The predicted molar refractivity (Wildman–Crippen MR) is 138 cm³/mol. The van der Waals surface area contributed by atoms with Crippen LogP contribution in [0.25, 0.3) is 17.0 Å². The lowest BCUT2D eigenvalue weighted by atomic mass is 9.98. The molecular formula is C28H32N4O4. The zero-order valence-corrected chi connectivity index (χ0v) is 20.5. The first kappa shape index (κ1) is 22.9. The Morgan fingerprint density at radius 2 is 1.86 bits per heavy atom. The molecule has 8 nitrogen and oxygen atoms in total. The summed E-state index contributed by atoms with van der Waals surface area (Å²) in [5.74, 6) is 2.53. The van der Waals surface area contributed by atoms with Crippen molar-refractivity contribution in [3.8, 4) is 11.5 Å². The summed E-state index contributed by atoms with van der Waals surface area (Å²) < 4.78 is 16.3. The number of piperidine rings is 1. The van der Waals surface area contributed by atoms with Crippen LogP contribution in [0.1, 0.15) is 31.2 Å². The molecule has 0 N–H and O–H groups in total. The van der Waals surface area contributed by atoms with Gasteiger partial charge in [0.2, 0.25) is 12.7 Å². The van der Waals surface area contributed by atoms with Crippen molar-refractivity contribution in [2.45, 2.75) is 31.7 Å². The standard InChI is InChI=1S/C28H32N4O4/c33-27(11-9-21-8-10-25-26(19-21)35-20-34-25)32-13-4-3-5-22(32)12-14-30-15-17-31(18-16-30)28-23-6-1-2-7-24(23)36-29-28/h1-2,6-11,19,22H,3-5,12-18,20H2/b11-9+/t22-/m0/s1. The third-order valence-electron chi connectivity index (χ3n) is 7.53. The Bertz CT molecular complexity index is 1250. The molecule has 3 aromatic rings. The number of piperazine rings is 1. The Hall–Kier alpha value is -3.52. The van der Waals surface area contributed by atoms with E-state index >= 15 is 0 Å². The SMILES string of the molecule is O=C(/C=C/c1ccc2c(c1)OCO2)N1CCCC[C@H]1CCN1CCN(c2noc3ccccc23)CC1. The summed E-state index contributed by atoms with van der Waals surface area (Å²) in [5, 5.41) is 5.40. The molecule has 3 aliphatic heterocycles. The van der Waals surface area contributed by atoms with Gasteiger partial charge in [-0.2, -0.15) is 0 Å². The number of amides is 1. The summed E-state index contributed by atoms with van der Waals surface area (Å²) in [4.78, 5) is 20.0. The average Bonchev–Trinajstić information content (AvgIpc) is 3.58. The minimum Gasteiger partial charge on any atom is -0.454 e. The van der Waals surface area contributed by atoms with Crippen LogP contribution in [0, 0.1) is 0 Å². The summed E-state index contributed by atoms with van der Waals surface area (Å²) >= 11 is 0. The van der Waals surface area contributed by atoms with E-state index in [1.165, 1.54) is 6.42 Å².